The number of aryl methyl sites for hydroxylation is 1. The number of carbonyl (C=O) groups excluding carboxylic acids is 2. The lowest BCUT2D eigenvalue weighted by molar-refractivity contribution is -0.148. The topological polar surface area (TPSA) is 81.4 Å². The normalized spacial score (nSPS) is 13.8. The summed E-state index contributed by atoms with van der Waals surface area (Å²) in [5, 5.41) is 2.69. The van der Waals surface area contributed by atoms with Crippen molar-refractivity contribution < 1.29 is 14.3 Å². The third-order valence-corrected chi connectivity index (χ3v) is 3.55. The fourth-order valence-corrected chi connectivity index (χ4v) is 2.28. The maximum absolute atomic E-state index is 11.7. The molecule has 5 nitrogen and oxygen atoms in total. The molecule has 0 radical (unpaired) electrons. The molecule has 0 bridgehead atoms. The van der Waals surface area contributed by atoms with E-state index in [1.54, 1.807) is 18.3 Å². The quantitative estimate of drug-likeness (QED) is 0.620. The van der Waals surface area contributed by atoms with Crippen LogP contribution in [-0.4, -0.2) is 24.5 Å². The molecule has 0 saturated carbocycles. The standard InChI is InChI=1S/C12H18N2O3S/c1-4-17-12(16)10(13)11(15)14-8(3)9-6-5-7(2)18-9/h5-6,8,10H,4,13H2,1-3H3,(H,14,15). The molecule has 0 fully saturated rings. The average Bonchev–Trinajstić information content (AvgIpc) is 2.75. The number of esters is 1. The summed E-state index contributed by atoms with van der Waals surface area (Å²) in [7, 11) is 0. The molecule has 100 valence electrons. The zero-order valence-electron chi connectivity index (χ0n) is 10.7. The molecular weight excluding hydrogens is 252 g/mol. The molecule has 0 aliphatic carbocycles. The van der Waals surface area contributed by atoms with Crippen molar-refractivity contribution in [3.63, 3.8) is 0 Å². The van der Waals surface area contributed by atoms with Crippen LogP contribution in [0.1, 0.15) is 29.6 Å². The highest BCUT2D eigenvalue weighted by Gasteiger charge is 2.25. The summed E-state index contributed by atoms with van der Waals surface area (Å²) in [5.41, 5.74) is 5.50. The van der Waals surface area contributed by atoms with Crippen LogP contribution in [0, 0.1) is 6.92 Å². The number of hydrogen-bond donors (Lipinski definition) is 2. The van der Waals surface area contributed by atoms with Crippen molar-refractivity contribution in [3.05, 3.63) is 21.9 Å². The van der Waals surface area contributed by atoms with Gasteiger partial charge >= 0.3 is 5.97 Å². The lowest BCUT2D eigenvalue weighted by Gasteiger charge is -2.15. The van der Waals surface area contributed by atoms with Crippen LogP contribution >= 0.6 is 11.3 Å². The highest BCUT2D eigenvalue weighted by Crippen LogP contribution is 2.22. The Morgan fingerprint density at radius 2 is 2.17 bits per heavy atom. The highest BCUT2D eigenvalue weighted by molar-refractivity contribution is 7.12. The van der Waals surface area contributed by atoms with Crippen molar-refractivity contribution in [2.45, 2.75) is 32.9 Å². The second kappa shape index (κ2) is 6.51. The van der Waals surface area contributed by atoms with Crippen LogP contribution in [0.25, 0.3) is 0 Å². The van der Waals surface area contributed by atoms with Gasteiger partial charge in [0.1, 0.15) is 0 Å². The predicted octanol–water partition coefficient (Wildman–Crippen LogP) is 1.12. The second-order valence-corrected chi connectivity index (χ2v) is 5.23. The van der Waals surface area contributed by atoms with Gasteiger partial charge in [-0.2, -0.15) is 0 Å². The Kier molecular flexibility index (Phi) is 5.30. The number of carbonyl (C=O) groups is 2. The number of hydrogen-bond acceptors (Lipinski definition) is 5. The highest BCUT2D eigenvalue weighted by atomic mass is 32.1. The Hall–Kier alpha value is -1.40. The van der Waals surface area contributed by atoms with E-state index in [4.69, 9.17) is 10.5 Å². The summed E-state index contributed by atoms with van der Waals surface area (Å²) < 4.78 is 4.69. The summed E-state index contributed by atoms with van der Waals surface area (Å²) >= 11 is 1.60. The number of nitrogens with two attached hydrogens (primary N) is 1. The third-order valence-electron chi connectivity index (χ3n) is 2.37. The van der Waals surface area contributed by atoms with Crippen molar-refractivity contribution in [3.8, 4) is 0 Å². The zero-order chi connectivity index (χ0) is 13.7. The number of amides is 1. The first-order chi connectivity index (χ1) is 8.45. The number of thiophene rings is 1. The van der Waals surface area contributed by atoms with E-state index >= 15 is 0 Å². The van der Waals surface area contributed by atoms with Crippen LogP contribution in [-0.2, 0) is 14.3 Å². The molecule has 6 heteroatoms. The Morgan fingerprint density at radius 3 is 2.67 bits per heavy atom. The molecule has 0 aromatic carbocycles. The SMILES string of the molecule is CCOC(=O)C(N)C(=O)NC(C)c1ccc(C)s1. The molecule has 0 aliphatic rings. The molecule has 18 heavy (non-hydrogen) atoms. The molecule has 0 saturated heterocycles. The first-order valence-corrected chi connectivity index (χ1v) is 6.56. The summed E-state index contributed by atoms with van der Waals surface area (Å²) in [6, 6.07) is 2.49. The maximum atomic E-state index is 11.7. The van der Waals surface area contributed by atoms with E-state index in [9.17, 15) is 9.59 Å². The molecule has 1 amide bonds. The van der Waals surface area contributed by atoms with E-state index in [0.717, 1.165) is 4.88 Å². The van der Waals surface area contributed by atoms with Crippen molar-refractivity contribution in [1.29, 1.82) is 0 Å². The summed E-state index contributed by atoms with van der Waals surface area (Å²) in [5.74, 6) is -1.23. The largest absolute Gasteiger partial charge is 0.464 e. The molecule has 0 aliphatic heterocycles. The molecule has 1 aromatic rings. The Bertz CT molecular complexity index is 431. The van der Waals surface area contributed by atoms with Gasteiger partial charge in [0.15, 0.2) is 6.04 Å². The van der Waals surface area contributed by atoms with Crippen LogP contribution in [0.15, 0.2) is 12.1 Å². The van der Waals surface area contributed by atoms with E-state index in [2.05, 4.69) is 5.32 Å². The molecule has 2 atom stereocenters. The molecule has 0 spiro atoms. The van der Waals surface area contributed by atoms with Crippen molar-refractivity contribution >= 4 is 23.2 Å². The fraction of sp³-hybridized carbons (Fsp3) is 0.500. The Morgan fingerprint density at radius 1 is 1.50 bits per heavy atom. The second-order valence-electron chi connectivity index (χ2n) is 3.91. The smallest absolute Gasteiger partial charge is 0.332 e. The fourth-order valence-electron chi connectivity index (χ4n) is 1.40. The van der Waals surface area contributed by atoms with Gasteiger partial charge in [0.25, 0.3) is 0 Å². The van der Waals surface area contributed by atoms with E-state index in [0.29, 0.717) is 0 Å². The van der Waals surface area contributed by atoms with Gasteiger partial charge in [-0.3, -0.25) is 4.79 Å². The van der Waals surface area contributed by atoms with Crippen LogP contribution < -0.4 is 11.1 Å². The summed E-state index contributed by atoms with van der Waals surface area (Å²) in [4.78, 5) is 25.2. The van der Waals surface area contributed by atoms with Crippen LogP contribution in [0.3, 0.4) is 0 Å². The molecule has 1 rings (SSSR count). The lowest BCUT2D eigenvalue weighted by Crippen LogP contribution is -2.47. The van der Waals surface area contributed by atoms with Crippen molar-refractivity contribution in [1.82, 2.24) is 5.32 Å². The molecule has 1 aromatic heterocycles. The van der Waals surface area contributed by atoms with Gasteiger partial charge in [-0.05, 0) is 32.9 Å². The predicted molar refractivity (Wildman–Crippen MR) is 70.2 cm³/mol. The minimum Gasteiger partial charge on any atom is -0.464 e. The minimum atomic E-state index is -1.27. The van der Waals surface area contributed by atoms with Gasteiger partial charge in [0, 0.05) is 9.75 Å². The van der Waals surface area contributed by atoms with Gasteiger partial charge in [0.05, 0.1) is 12.6 Å². The maximum Gasteiger partial charge on any atom is 0.332 e. The van der Waals surface area contributed by atoms with Gasteiger partial charge < -0.3 is 15.8 Å². The van der Waals surface area contributed by atoms with Gasteiger partial charge in [-0.15, -0.1) is 11.3 Å². The summed E-state index contributed by atoms with van der Waals surface area (Å²) in [6.07, 6.45) is 0. The monoisotopic (exact) mass is 270 g/mol. The molecular formula is C12H18N2O3S. The first-order valence-electron chi connectivity index (χ1n) is 5.74. The van der Waals surface area contributed by atoms with E-state index in [1.165, 1.54) is 4.88 Å². The van der Waals surface area contributed by atoms with Gasteiger partial charge in [0.2, 0.25) is 5.91 Å². The first kappa shape index (κ1) is 14.7. The van der Waals surface area contributed by atoms with Gasteiger partial charge in [-0.1, -0.05) is 0 Å². The molecule has 1 heterocycles. The van der Waals surface area contributed by atoms with Crippen molar-refractivity contribution in [2.75, 3.05) is 6.61 Å². The minimum absolute atomic E-state index is 0.170. The van der Waals surface area contributed by atoms with Crippen LogP contribution in [0.5, 0.6) is 0 Å². The van der Waals surface area contributed by atoms with Gasteiger partial charge in [-0.25, -0.2) is 4.79 Å². The third kappa shape index (κ3) is 3.82. The van der Waals surface area contributed by atoms with E-state index in [-0.39, 0.29) is 12.6 Å². The lowest BCUT2D eigenvalue weighted by atomic mass is 10.2. The van der Waals surface area contributed by atoms with E-state index in [1.807, 2.05) is 26.0 Å². The zero-order valence-corrected chi connectivity index (χ0v) is 11.5. The van der Waals surface area contributed by atoms with Crippen LogP contribution in [0.2, 0.25) is 0 Å². The average molecular weight is 270 g/mol. The summed E-state index contributed by atoms with van der Waals surface area (Å²) in [6.45, 7) is 5.72. The Labute approximate surface area is 110 Å². The van der Waals surface area contributed by atoms with Crippen molar-refractivity contribution in [2.24, 2.45) is 5.73 Å². The number of nitrogens with one attached hydrogen (secondary N) is 1. The van der Waals surface area contributed by atoms with Crippen LogP contribution in [0.4, 0.5) is 0 Å². The van der Waals surface area contributed by atoms with E-state index < -0.39 is 17.9 Å². The number of rotatable bonds is 5. The molecule has 2 unspecified atom stereocenters. The number of ether oxygens (including phenoxy) is 1. The molecule has 3 N–H and O–H groups in total. The Balaban J connectivity index is 2.56.